The van der Waals surface area contributed by atoms with Gasteiger partial charge in [0.25, 0.3) is 10.0 Å². The van der Waals surface area contributed by atoms with Crippen LogP contribution in [-0.2, 0) is 16.4 Å². The molecule has 1 aromatic carbocycles. The van der Waals surface area contributed by atoms with Crippen molar-refractivity contribution in [2.75, 3.05) is 0 Å². The molecule has 0 N–H and O–H groups in total. The molecule has 1 heterocycles. The first-order valence-corrected chi connectivity index (χ1v) is 7.42. The predicted octanol–water partition coefficient (Wildman–Crippen LogP) is 2.41. The van der Waals surface area contributed by atoms with Crippen LogP contribution in [0, 0.1) is 6.92 Å². The molecule has 1 aromatic heterocycles. The standard InChI is InChI=1S/C14H15NO3S/c1-3-14-12(10-16)8-9-15(14)19(17,18)13-6-4-11(2)5-7-13/h4-10H,3H2,1-2H3. The van der Waals surface area contributed by atoms with E-state index in [1.165, 1.54) is 16.2 Å². The molecule has 2 rings (SSSR count). The van der Waals surface area contributed by atoms with Crippen LogP contribution in [0.1, 0.15) is 28.5 Å². The van der Waals surface area contributed by atoms with Gasteiger partial charge in [-0.3, -0.25) is 4.79 Å². The number of aryl methyl sites for hydroxylation is 1. The minimum atomic E-state index is -3.63. The smallest absolute Gasteiger partial charge is 0.267 e. The Labute approximate surface area is 112 Å². The molecule has 0 atom stereocenters. The van der Waals surface area contributed by atoms with Crippen LogP contribution < -0.4 is 0 Å². The van der Waals surface area contributed by atoms with Crippen molar-refractivity contribution < 1.29 is 13.2 Å². The van der Waals surface area contributed by atoms with E-state index in [1.807, 2.05) is 13.8 Å². The number of carbonyl (C=O) groups is 1. The maximum atomic E-state index is 12.5. The van der Waals surface area contributed by atoms with Crippen molar-refractivity contribution in [3.63, 3.8) is 0 Å². The van der Waals surface area contributed by atoms with Crippen LogP contribution in [0.5, 0.6) is 0 Å². The van der Waals surface area contributed by atoms with Gasteiger partial charge in [0.05, 0.1) is 4.90 Å². The number of hydrogen-bond donors (Lipinski definition) is 0. The molecule has 0 aliphatic rings. The van der Waals surface area contributed by atoms with Gasteiger partial charge in [0, 0.05) is 17.5 Å². The van der Waals surface area contributed by atoms with E-state index in [4.69, 9.17) is 0 Å². The summed E-state index contributed by atoms with van der Waals surface area (Å²) in [7, 11) is -3.63. The van der Waals surface area contributed by atoms with Crippen molar-refractivity contribution in [1.29, 1.82) is 0 Å². The van der Waals surface area contributed by atoms with Crippen LogP contribution in [0.3, 0.4) is 0 Å². The van der Waals surface area contributed by atoms with Crippen LogP contribution >= 0.6 is 0 Å². The third kappa shape index (κ3) is 2.33. The summed E-state index contributed by atoms with van der Waals surface area (Å²) < 4.78 is 26.2. The van der Waals surface area contributed by atoms with Crippen LogP contribution in [0.25, 0.3) is 0 Å². The highest BCUT2D eigenvalue weighted by Gasteiger charge is 2.20. The van der Waals surface area contributed by atoms with Crippen molar-refractivity contribution in [1.82, 2.24) is 3.97 Å². The minimum absolute atomic E-state index is 0.223. The van der Waals surface area contributed by atoms with Crippen molar-refractivity contribution in [2.24, 2.45) is 0 Å². The van der Waals surface area contributed by atoms with Gasteiger partial charge in [-0.05, 0) is 31.5 Å². The van der Waals surface area contributed by atoms with Gasteiger partial charge in [-0.25, -0.2) is 12.4 Å². The largest absolute Gasteiger partial charge is 0.298 e. The SMILES string of the molecule is CCc1c(C=O)ccn1S(=O)(=O)c1ccc(C)cc1. The van der Waals surface area contributed by atoms with Crippen LogP contribution in [0.4, 0.5) is 0 Å². The molecule has 0 aliphatic carbocycles. The molecular weight excluding hydrogens is 262 g/mol. The lowest BCUT2D eigenvalue weighted by Crippen LogP contribution is -2.15. The molecule has 2 aromatic rings. The summed E-state index contributed by atoms with van der Waals surface area (Å²) in [6.45, 7) is 3.72. The average Bonchev–Trinajstić information content (AvgIpc) is 2.82. The molecule has 5 heteroatoms. The molecule has 0 fully saturated rings. The fourth-order valence-corrected chi connectivity index (χ4v) is 3.43. The Morgan fingerprint density at radius 1 is 1.16 bits per heavy atom. The van der Waals surface area contributed by atoms with Gasteiger partial charge in [-0.2, -0.15) is 0 Å². The minimum Gasteiger partial charge on any atom is -0.298 e. The van der Waals surface area contributed by atoms with Gasteiger partial charge in [0.2, 0.25) is 0 Å². The Kier molecular flexibility index (Phi) is 3.57. The second kappa shape index (κ2) is 5.01. The number of nitrogens with zero attached hydrogens (tertiary/aromatic N) is 1. The summed E-state index contributed by atoms with van der Waals surface area (Å²) in [6, 6.07) is 8.18. The molecule has 0 spiro atoms. The number of benzene rings is 1. The van der Waals surface area contributed by atoms with Crippen molar-refractivity contribution in [2.45, 2.75) is 25.2 Å². The average molecular weight is 277 g/mol. The normalized spacial score (nSPS) is 11.5. The summed E-state index contributed by atoms with van der Waals surface area (Å²) >= 11 is 0. The van der Waals surface area contributed by atoms with E-state index in [1.54, 1.807) is 24.3 Å². The summed E-state index contributed by atoms with van der Waals surface area (Å²) in [5.74, 6) is 0. The Bertz CT molecular complexity index is 697. The summed E-state index contributed by atoms with van der Waals surface area (Å²) in [5, 5.41) is 0. The van der Waals surface area contributed by atoms with E-state index in [0.717, 1.165) is 5.56 Å². The van der Waals surface area contributed by atoms with E-state index < -0.39 is 10.0 Å². The molecular formula is C14H15NO3S. The molecule has 4 nitrogen and oxygen atoms in total. The maximum Gasteiger partial charge on any atom is 0.267 e. The predicted molar refractivity (Wildman–Crippen MR) is 73.0 cm³/mol. The van der Waals surface area contributed by atoms with Crippen LogP contribution in [0.15, 0.2) is 41.4 Å². The van der Waals surface area contributed by atoms with Gasteiger partial charge in [0.15, 0.2) is 6.29 Å². The van der Waals surface area contributed by atoms with Crippen molar-refractivity contribution >= 4 is 16.3 Å². The number of aromatic nitrogens is 1. The Hall–Kier alpha value is -1.88. The van der Waals surface area contributed by atoms with Crippen molar-refractivity contribution in [3.05, 3.63) is 53.3 Å². The highest BCUT2D eigenvalue weighted by molar-refractivity contribution is 7.90. The molecule has 0 unspecified atom stereocenters. The van der Waals surface area contributed by atoms with Crippen LogP contribution in [0.2, 0.25) is 0 Å². The number of hydrogen-bond acceptors (Lipinski definition) is 3. The zero-order valence-electron chi connectivity index (χ0n) is 10.8. The van der Waals surface area contributed by atoms with Gasteiger partial charge >= 0.3 is 0 Å². The van der Waals surface area contributed by atoms with E-state index in [2.05, 4.69) is 0 Å². The number of carbonyl (C=O) groups excluding carboxylic acids is 1. The van der Waals surface area contributed by atoms with Gasteiger partial charge in [-0.1, -0.05) is 24.6 Å². The lowest BCUT2D eigenvalue weighted by atomic mass is 10.2. The fraction of sp³-hybridized carbons (Fsp3) is 0.214. The third-order valence-electron chi connectivity index (χ3n) is 3.03. The van der Waals surface area contributed by atoms with Gasteiger partial charge < -0.3 is 0 Å². The van der Waals surface area contributed by atoms with Gasteiger partial charge in [0.1, 0.15) is 0 Å². The zero-order valence-corrected chi connectivity index (χ0v) is 11.6. The van der Waals surface area contributed by atoms with Gasteiger partial charge in [-0.15, -0.1) is 0 Å². The molecule has 0 radical (unpaired) electrons. The first-order valence-electron chi connectivity index (χ1n) is 5.98. The highest BCUT2D eigenvalue weighted by atomic mass is 32.2. The Morgan fingerprint density at radius 3 is 2.32 bits per heavy atom. The molecule has 0 saturated carbocycles. The lowest BCUT2D eigenvalue weighted by Gasteiger charge is -2.10. The van der Waals surface area contributed by atoms with E-state index >= 15 is 0 Å². The van der Waals surface area contributed by atoms with Crippen LogP contribution in [-0.4, -0.2) is 18.7 Å². The fourth-order valence-electron chi connectivity index (χ4n) is 1.98. The quantitative estimate of drug-likeness (QED) is 0.806. The zero-order chi connectivity index (χ0) is 14.0. The Morgan fingerprint density at radius 2 is 1.79 bits per heavy atom. The highest BCUT2D eigenvalue weighted by Crippen LogP contribution is 2.19. The van der Waals surface area contributed by atoms with Crippen molar-refractivity contribution in [3.8, 4) is 0 Å². The topological polar surface area (TPSA) is 56.1 Å². The summed E-state index contributed by atoms with van der Waals surface area (Å²) in [4.78, 5) is 11.1. The van der Waals surface area contributed by atoms with E-state index in [0.29, 0.717) is 24.0 Å². The second-order valence-corrected chi connectivity index (χ2v) is 6.12. The monoisotopic (exact) mass is 277 g/mol. The second-order valence-electron chi connectivity index (χ2n) is 4.30. The first-order chi connectivity index (χ1) is 9.00. The molecule has 0 bridgehead atoms. The molecule has 100 valence electrons. The summed E-state index contributed by atoms with van der Waals surface area (Å²) in [6.07, 6.45) is 2.59. The molecule has 0 aliphatic heterocycles. The molecule has 0 saturated heterocycles. The third-order valence-corrected chi connectivity index (χ3v) is 4.76. The summed E-state index contributed by atoms with van der Waals surface area (Å²) in [5.41, 5.74) is 1.92. The first kappa shape index (κ1) is 13.5. The lowest BCUT2D eigenvalue weighted by molar-refractivity contribution is 0.112. The number of rotatable bonds is 4. The van der Waals surface area contributed by atoms with E-state index in [-0.39, 0.29) is 4.90 Å². The Balaban J connectivity index is 2.59. The molecule has 0 amide bonds. The molecule has 19 heavy (non-hydrogen) atoms. The van der Waals surface area contributed by atoms with E-state index in [9.17, 15) is 13.2 Å². The number of aldehydes is 1. The maximum absolute atomic E-state index is 12.5.